The first-order valence-electron chi connectivity index (χ1n) is 11.5. The Bertz CT molecular complexity index is 810. The van der Waals surface area contributed by atoms with Gasteiger partial charge in [0.1, 0.15) is 0 Å². The summed E-state index contributed by atoms with van der Waals surface area (Å²) in [5.41, 5.74) is 0.914. The van der Waals surface area contributed by atoms with Crippen LogP contribution in [0.3, 0.4) is 0 Å². The molecule has 4 amide bonds. The van der Waals surface area contributed by atoms with Crippen molar-refractivity contribution in [1.29, 1.82) is 0 Å². The zero-order chi connectivity index (χ0) is 23.5. The summed E-state index contributed by atoms with van der Waals surface area (Å²) in [6, 6.07) is 4.99. The van der Waals surface area contributed by atoms with E-state index in [1.165, 1.54) is 17.7 Å². The number of thioether (sulfide) groups is 1. The van der Waals surface area contributed by atoms with Gasteiger partial charge in [-0.15, -0.1) is 11.8 Å². The third kappa shape index (κ3) is 6.90. The standard InChI is InChI=1S/C24H35N3O4S/c1-4-26(5-2)15-8-6-7-9-16-32-20-12-10-11-19-22(20)24(31)27(23(19)30)18(3)13-14-21(29)25-17-28/h10-12,17-18H,4-9,13-16H2,1-3H3,(H,25,28,29). The smallest absolute Gasteiger partial charge is 0.262 e. The van der Waals surface area contributed by atoms with Crippen LogP contribution in [-0.4, -0.2) is 65.4 Å². The minimum absolute atomic E-state index is 0.0726. The van der Waals surface area contributed by atoms with Gasteiger partial charge in [0.2, 0.25) is 12.3 Å². The number of unbranched alkanes of at least 4 members (excludes halogenated alkanes) is 3. The minimum Gasteiger partial charge on any atom is -0.304 e. The molecule has 1 aliphatic heterocycles. The summed E-state index contributed by atoms with van der Waals surface area (Å²) in [6.07, 6.45) is 5.35. The maximum Gasteiger partial charge on any atom is 0.262 e. The van der Waals surface area contributed by atoms with Crippen molar-refractivity contribution in [2.45, 2.75) is 70.2 Å². The second kappa shape index (κ2) is 13.4. The number of benzene rings is 1. The first-order chi connectivity index (χ1) is 15.4. The van der Waals surface area contributed by atoms with Crippen molar-refractivity contribution in [2.75, 3.05) is 25.4 Å². The van der Waals surface area contributed by atoms with E-state index < -0.39 is 11.9 Å². The molecule has 1 atom stereocenters. The molecule has 0 aromatic heterocycles. The number of hydrogen-bond acceptors (Lipinski definition) is 6. The molecule has 1 aromatic rings. The Morgan fingerprint density at radius 3 is 2.53 bits per heavy atom. The molecule has 7 nitrogen and oxygen atoms in total. The van der Waals surface area contributed by atoms with E-state index in [0.717, 1.165) is 43.1 Å². The quantitative estimate of drug-likeness (QED) is 0.185. The van der Waals surface area contributed by atoms with E-state index >= 15 is 0 Å². The lowest BCUT2D eigenvalue weighted by atomic mass is 10.1. The van der Waals surface area contributed by atoms with Crippen molar-refractivity contribution in [1.82, 2.24) is 15.1 Å². The van der Waals surface area contributed by atoms with Crippen LogP contribution in [0, 0.1) is 0 Å². The van der Waals surface area contributed by atoms with Crippen molar-refractivity contribution in [2.24, 2.45) is 0 Å². The zero-order valence-corrected chi connectivity index (χ0v) is 20.2. The topological polar surface area (TPSA) is 86.8 Å². The average molecular weight is 462 g/mol. The SMILES string of the molecule is CCN(CC)CCCCCCSc1cccc2c1C(=O)N(C(C)CCC(=O)NC=O)C2=O. The first-order valence-corrected chi connectivity index (χ1v) is 12.5. The summed E-state index contributed by atoms with van der Waals surface area (Å²) >= 11 is 1.63. The molecule has 0 bridgehead atoms. The number of nitrogens with zero attached hydrogens (tertiary/aromatic N) is 2. The van der Waals surface area contributed by atoms with Crippen molar-refractivity contribution >= 4 is 35.9 Å². The van der Waals surface area contributed by atoms with E-state index in [0.29, 0.717) is 24.0 Å². The van der Waals surface area contributed by atoms with Crippen LogP contribution in [-0.2, 0) is 9.59 Å². The van der Waals surface area contributed by atoms with Gasteiger partial charge in [0.25, 0.3) is 11.8 Å². The molecular weight excluding hydrogens is 426 g/mol. The van der Waals surface area contributed by atoms with Gasteiger partial charge >= 0.3 is 0 Å². The largest absolute Gasteiger partial charge is 0.304 e. The maximum atomic E-state index is 13.1. The zero-order valence-electron chi connectivity index (χ0n) is 19.4. The van der Waals surface area contributed by atoms with Crippen LogP contribution in [0.5, 0.6) is 0 Å². The lowest BCUT2D eigenvalue weighted by Crippen LogP contribution is -2.38. The average Bonchev–Trinajstić information content (AvgIpc) is 3.05. The van der Waals surface area contributed by atoms with E-state index in [9.17, 15) is 19.2 Å². The monoisotopic (exact) mass is 461 g/mol. The van der Waals surface area contributed by atoms with Crippen molar-refractivity contribution in [3.8, 4) is 0 Å². The predicted molar refractivity (Wildman–Crippen MR) is 127 cm³/mol. The van der Waals surface area contributed by atoms with Crippen LogP contribution < -0.4 is 5.32 Å². The normalized spacial score (nSPS) is 14.1. The van der Waals surface area contributed by atoms with Gasteiger partial charge in [-0.25, -0.2) is 0 Å². The molecule has 32 heavy (non-hydrogen) atoms. The third-order valence-electron chi connectivity index (χ3n) is 5.88. The molecule has 2 rings (SSSR count). The van der Waals surface area contributed by atoms with Gasteiger partial charge in [-0.3, -0.25) is 29.4 Å². The molecular formula is C24H35N3O4S. The highest BCUT2D eigenvalue weighted by atomic mass is 32.2. The van der Waals surface area contributed by atoms with Crippen molar-refractivity contribution < 1.29 is 19.2 Å². The Kier molecular flexibility index (Phi) is 10.9. The Balaban J connectivity index is 1.88. The highest BCUT2D eigenvalue weighted by Gasteiger charge is 2.39. The fourth-order valence-corrected chi connectivity index (χ4v) is 5.00. The maximum absolute atomic E-state index is 13.1. The van der Waals surface area contributed by atoms with Gasteiger partial charge in [0.05, 0.1) is 11.1 Å². The minimum atomic E-state index is -0.427. The molecule has 176 valence electrons. The Morgan fingerprint density at radius 2 is 1.84 bits per heavy atom. The Labute approximate surface area is 195 Å². The summed E-state index contributed by atoms with van der Waals surface area (Å²) in [5, 5.41) is 2.08. The van der Waals surface area contributed by atoms with Gasteiger partial charge in [-0.05, 0) is 63.7 Å². The summed E-state index contributed by atoms with van der Waals surface area (Å²) in [7, 11) is 0. The van der Waals surface area contributed by atoms with E-state index in [2.05, 4.69) is 24.1 Å². The molecule has 0 radical (unpaired) electrons. The van der Waals surface area contributed by atoms with Gasteiger partial charge in [0, 0.05) is 17.4 Å². The lowest BCUT2D eigenvalue weighted by molar-refractivity contribution is -0.125. The Hall–Kier alpha value is -2.19. The predicted octanol–water partition coefficient (Wildman–Crippen LogP) is 3.72. The Morgan fingerprint density at radius 1 is 1.12 bits per heavy atom. The van der Waals surface area contributed by atoms with E-state index in [-0.39, 0.29) is 18.2 Å². The fraction of sp³-hybridized carbons (Fsp3) is 0.583. The van der Waals surface area contributed by atoms with Crippen LogP contribution in [0.15, 0.2) is 23.1 Å². The molecule has 1 heterocycles. The molecule has 1 aromatic carbocycles. The number of nitrogens with one attached hydrogen (secondary N) is 1. The highest BCUT2D eigenvalue weighted by Crippen LogP contribution is 2.34. The molecule has 1 unspecified atom stereocenters. The van der Waals surface area contributed by atoms with Gasteiger partial charge in [-0.1, -0.05) is 32.8 Å². The van der Waals surface area contributed by atoms with Crippen LogP contribution >= 0.6 is 11.8 Å². The number of carbonyl (C=O) groups is 4. The highest BCUT2D eigenvalue weighted by molar-refractivity contribution is 7.99. The number of amides is 4. The van der Waals surface area contributed by atoms with Crippen molar-refractivity contribution in [3.63, 3.8) is 0 Å². The molecule has 0 aliphatic carbocycles. The summed E-state index contributed by atoms with van der Waals surface area (Å²) in [5.74, 6) is -0.121. The van der Waals surface area contributed by atoms with E-state index in [1.54, 1.807) is 24.8 Å². The van der Waals surface area contributed by atoms with E-state index in [4.69, 9.17) is 0 Å². The van der Waals surface area contributed by atoms with Gasteiger partial charge in [0.15, 0.2) is 0 Å². The van der Waals surface area contributed by atoms with Crippen LogP contribution in [0.4, 0.5) is 0 Å². The molecule has 0 saturated carbocycles. The summed E-state index contributed by atoms with van der Waals surface area (Å²) < 4.78 is 0. The third-order valence-corrected chi connectivity index (χ3v) is 7.02. The van der Waals surface area contributed by atoms with E-state index in [1.807, 2.05) is 12.1 Å². The van der Waals surface area contributed by atoms with Gasteiger partial charge < -0.3 is 4.90 Å². The molecule has 8 heteroatoms. The van der Waals surface area contributed by atoms with Gasteiger partial charge in [-0.2, -0.15) is 0 Å². The molecule has 0 fully saturated rings. The first kappa shape index (κ1) is 26.1. The number of hydrogen-bond donors (Lipinski definition) is 1. The molecule has 0 spiro atoms. The fourth-order valence-electron chi connectivity index (χ4n) is 3.91. The molecule has 0 saturated heterocycles. The summed E-state index contributed by atoms with van der Waals surface area (Å²) in [4.78, 5) is 52.4. The molecule has 1 N–H and O–H groups in total. The van der Waals surface area contributed by atoms with Crippen molar-refractivity contribution in [3.05, 3.63) is 29.3 Å². The lowest BCUT2D eigenvalue weighted by Gasteiger charge is -2.22. The molecule has 1 aliphatic rings. The number of imide groups is 2. The second-order valence-electron chi connectivity index (χ2n) is 8.02. The number of rotatable bonds is 15. The summed E-state index contributed by atoms with van der Waals surface area (Å²) in [6.45, 7) is 9.47. The number of carbonyl (C=O) groups excluding carboxylic acids is 4. The van der Waals surface area contributed by atoms with Crippen LogP contribution in [0.1, 0.15) is 80.0 Å². The second-order valence-corrected chi connectivity index (χ2v) is 9.16. The van der Waals surface area contributed by atoms with Crippen LogP contribution in [0.25, 0.3) is 0 Å². The number of fused-ring (bicyclic) bond motifs is 1. The van der Waals surface area contributed by atoms with Crippen LogP contribution in [0.2, 0.25) is 0 Å².